The number of nitrogens with one attached hydrogen (secondary N) is 1. The van der Waals surface area contributed by atoms with E-state index in [1.165, 1.54) is 54.6 Å². The van der Waals surface area contributed by atoms with Gasteiger partial charge >= 0.3 is 0 Å². The fourth-order valence-corrected chi connectivity index (χ4v) is 5.92. The third-order valence-corrected chi connectivity index (χ3v) is 7.35. The summed E-state index contributed by atoms with van der Waals surface area (Å²) < 4.78 is 2.28. The Morgan fingerprint density at radius 3 is 2.50 bits per heavy atom. The summed E-state index contributed by atoms with van der Waals surface area (Å²) in [7, 11) is 0. The second kappa shape index (κ2) is 8.66. The largest absolute Gasteiger partial charge is 0.352 e. The third-order valence-electron chi connectivity index (χ3n) is 7.02. The Bertz CT molecular complexity index is 1120. The van der Waals surface area contributed by atoms with E-state index in [1.807, 2.05) is 24.5 Å². The molecule has 2 atom stereocenters. The molecule has 6 heteroatoms. The van der Waals surface area contributed by atoms with Gasteiger partial charge in [0.15, 0.2) is 5.11 Å². The highest BCUT2D eigenvalue weighted by atomic mass is 32.1. The average molecular weight is 446 g/mol. The smallest absolute Gasteiger partial charge is 0.170 e. The topological polar surface area (TPSA) is 46.0 Å². The molecular formula is C26H31N5S. The lowest BCUT2D eigenvalue weighted by atomic mass is 9.90. The van der Waals surface area contributed by atoms with Crippen LogP contribution in [0.1, 0.15) is 72.4 Å². The average Bonchev–Trinajstić information content (AvgIpc) is 3.30. The molecule has 5 rings (SSSR count). The van der Waals surface area contributed by atoms with Gasteiger partial charge in [-0.25, -0.2) is 4.98 Å². The molecule has 0 spiro atoms. The van der Waals surface area contributed by atoms with Crippen LogP contribution in [0.15, 0.2) is 48.8 Å². The molecule has 2 aliphatic rings. The maximum absolute atomic E-state index is 5.94. The summed E-state index contributed by atoms with van der Waals surface area (Å²) in [5, 5.41) is 4.50. The Morgan fingerprint density at radius 2 is 1.78 bits per heavy atom. The van der Waals surface area contributed by atoms with E-state index in [9.17, 15) is 0 Å². The molecule has 3 aromatic rings. The first-order valence-corrected chi connectivity index (χ1v) is 12.1. The van der Waals surface area contributed by atoms with Gasteiger partial charge in [-0.2, -0.15) is 0 Å². The zero-order chi connectivity index (χ0) is 22.2. The molecule has 1 N–H and O–H groups in total. The SMILES string of the molecule is Cc1ccnc(-n2c(C)cc([C@@H]3[C@H](c4ccccn4)NC(=S)N3C3CCCCC3)c2C)c1. The van der Waals surface area contributed by atoms with Gasteiger partial charge in [0.05, 0.1) is 17.8 Å². The summed E-state index contributed by atoms with van der Waals surface area (Å²) >= 11 is 5.94. The molecule has 166 valence electrons. The fraction of sp³-hybridized carbons (Fsp3) is 0.423. The molecule has 1 aliphatic heterocycles. The van der Waals surface area contributed by atoms with Crippen LogP contribution in [0.2, 0.25) is 0 Å². The maximum Gasteiger partial charge on any atom is 0.170 e. The predicted octanol–water partition coefficient (Wildman–Crippen LogP) is 5.50. The highest BCUT2D eigenvalue weighted by molar-refractivity contribution is 7.80. The molecule has 0 unspecified atom stereocenters. The molecule has 0 bridgehead atoms. The number of hydrogen-bond donors (Lipinski definition) is 1. The summed E-state index contributed by atoms with van der Waals surface area (Å²) in [5.74, 6) is 0.971. The minimum atomic E-state index is 0.0324. The van der Waals surface area contributed by atoms with Gasteiger partial charge in [-0.1, -0.05) is 25.3 Å². The van der Waals surface area contributed by atoms with Crippen molar-refractivity contribution in [2.75, 3.05) is 0 Å². The van der Waals surface area contributed by atoms with Crippen LogP contribution in [0, 0.1) is 20.8 Å². The quantitative estimate of drug-likeness (QED) is 0.538. The van der Waals surface area contributed by atoms with Crippen molar-refractivity contribution in [2.45, 2.75) is 71.0 Å². The second-order valence-corrected chi connectivity index (χ2v) is 9.57. The van der Waals surface area contributed by atoms with E-state index in [0.717, 1.165) is 16.6 Å². The van der Waals surface area contributed by atoms with Crippen molar-refractivity contribution >= 4 is 17.3 Å². The Morgan fingerprint density at radius 1 is 0.969 bits per heavy atom. The van der Waals surface area contributed by atoms with Crippen molar-refractivity contribution in [1.82, 2.24) is 24.8 Å². The van der Waals surface area contributed by atoms with E-state index < -0.39 is 0 Å². The standard InChI is InChI=1S/C26H31N5S/c1-17-12-14-28-23(15-17)30-18(2)16-21(19(30)3)25-24(22-11-7-8-13-27-22)29-26(32)31(25)20-9-5-4-6-10-20/h7-8,11-16,20,24-25H,4-6,9-10H2,1-3H3,(H,29,32)/t24-,25+/m0/s1. The van der Waals surface area contributed by atoms with Gasteiger partial charge in [-0.05, 0) is 87.3 Å². The number of nitrogens with zero attached hydrogens (tertiary/aromatic N) is 4. The second-order valence-electron chi connectivity index (χ2n) is 9.18. The summed E-state index contributed by atoms with van der Waals surface area (Å²) in [6.07, 6.45) is 10.0. The molecule has 1 aliphatic carbocycles. The van der Waals surface area contributed by atoms with E-state index in [4.69, 9.17) is 17.2 Å². The van der Waals surface area contributed by atoms with E-state index in [0.29, 0.717) is 6.04 Å². The molecule has 1 saturated heterocycles. The number of thiocarbonyl (C=S) groups is 1. The van der Waals surface area contributed by atoms with Gasteiger partial charge in [0, 0.05) is 29.8 Å². The van der Waals surface area contributed by atoms with Gasteiger partial charge < -0.3 is 14.8 Å². The summed E-state index contributed by atoms with van der Waals surface area (Å²) in [6.45, 7) is 6.49. The lowest BCUT2D eigenvalue weighted by Crippen LogP contribution is -2.40. The monoisotopic (exact) mass is 445 g/mol. The Balaban J connectivity index is 1.63. The minimum Gasteiger partial charge on any atom is -0.352 e. The molecule has 0 radical (unpaired) electrons. The molecule has 2 fully saturated rings. The maximum atomic E-state index is 5.94. The number of aryl methyl sites for hydroxylation is 2. The van der Waals surface area contributed by atoms with E-state index in [-0.39, 0.29) is 12.1 Å². The normalized spacial score (nSPS) is 21.7. The summed E-state index contributed by atoms with van der Waals surface area (Å²) in [5.41, 5.74) is 5.97. The van der Waals surface area contributed by atoms with Gasteiger partial charge in [0.1, 0.15) is 5.82 Å². The van der Waals surface area contributed by atoms with E-state index in [2.05, 4.69) is 64.8 Å². The molecule has 3 aromatic heterocycles. The van der Waals surface area contributed by atoms with Gasteiger partial charge in [-0.3, -0.25) is 4.98 Å². The molecule has 5 nitrogen and oxygen atoms in total. The Hall–Kier alpha value is -2.73. The first-order chi connectivity index (χ1) is 15.5. The van der Waals surface area contributed by atoms with Crippen molar-refractivity contribution < 1.29 is 0 Å². The molecule has 4 heterocycles. The van der Waals surface area contributed by atoms with Crippen LogP contribution in [-0.2, 0) is 0 Å². The zero-order valence-electron chi connectivity index (χ0n) is 19.1. The van der Waals surface area contributed by atoms with Crippen LogP contribution >= 0.6 is 12.2 Å². The molecule has 0 aromatic carbocycles. The molecule has 32 heavy (non-hydrogen) atoms. The fourth-order valence-electron chi connectivity index (χ4n) is 5.53. The highest BCUT2D eigenvalue weighted by Gasteiger charge is 2.44. The molecule has 0 amide bonds. The van der Waals surface area contributed by atoms with Crippen LogP contribution in [0.3, 0.4) is 0 Å². The van der Waals surface area contributed by atoms with Crippen LogP contribution < -0.4 is 5.32 Å². The predicted molar refractivity (Wildman–Crippen MR) is 132 cm³/mol. The van der Waals surface area contributed by atoms with Crippen molar-refractivity contribution in [3.63, 3.8) is 0 Å². The van der Waals surface area contributed by atoms with Crippen LogP contribution in [0.5, 0.6) is 0 Å². The third kappa shape index (κ3) is 3.71. The van der Waals surface area contributed by atoms with Crippen molar-refractivity contribution in [3.05, 3.63) is 77.0 Å². The van der Waals surface area contributed by atoms with Crippen LogP contribution in [0.4, 0.5) is 0 Å². The van der Waals surface area contributed by atoms with Crippen molar-refractivity contribution in [1.29, 1.82) is 0 Å². The van der Waals surface area contributed by atoms with Crippen LogP contribution in [0.25, 0.3) is 5.82 Å². The van der Waals surface area contributed by atoms with Crippen molar-refractivity contribution in [3.8, 4) is 5.82 Å². The van der Waals surface area contributed by atoms with E-state index >= 15 is 0 Å². The number of hydrogen-bond acceptors (Lipinski definition) is 3. The lowest BCUT2D eigenvalue weighted by molar-refractivity contribution is 0.197. The van der Waals surface area contributed by atoms with Crippen molar-refractivity contribution in [2.24, 2.45) is 0 Å². The minimum absolute atomic E-state index is 0.0324. The highest BCUT2D eigenvalue weighted by Crippen LogP contribution is 2.44. The number of rotatable bonds is 4. The van der Waals surface area contributed by atoms with Gasteiger partial charge in [0.25, 0.3) is 0 Å². The van der Waals surface area contributed by atoms with Gasteiger partial charge in [-0.15, -0.1) is 0 Å². The first kappa shape index (κ1) is 21.1. The first-order valence-electron chi connectivity index (χ1n) is 11.7. The summed E-state index contributed by atoms with van der Waals surface area (Å²) in [4.78, 5) is 11.9. The number of aromatic nitrogens is 3. The molecular weight excluding hydrogens is 414 g/mol. The Labute approximate surface area is 195 Å². The van der Waals surface area contributed by atoms with Crippen LogP contribution in [-0.4, -0.2) is 30.6 Å². The number of pyridine rings is 2. The lowest BCUT2D eigenvalue weighted by Gasteiger charge is -2.37. The summed E-state index contributed by atoms with van der Waals surface area (Å²) in [6, 6.07) is 13.3. The zero-order valence-corrected chi connectivity index (χ0v) is 19.9. The Kier molecular flexibility index (Phi) is 5.72. The molecule has 1 saturated carbocycles. The van der Waals surface area contributed by atoms with E-state index in [1.54, 1.807) is 0 Å². The van der Waals surface area contributed by atoms with Gasteiger partial charge in [0.2, 0.25) is 0 Å².